The number of rotatable bonds is 4. The Balaban J connectivity index is 2.97. The standard InChI is InChI=1S/C9H9BrN2O3/c10-5-7(13)3-6-1-2-8(11)9(4-6)12(14)15/h1-2,4H,3,5,11H2. The van der Waals surface area contributed by atoms with Crippen molar-refractivity contribution in [2.24, 2.45) is 0 Å². The zero-order valence-corrected chi connectivity index (χ0v) is 9.36. The minimum Gasteiger partial charge on any atom is -0.393 e. The Morgan fingerprint density at radius 2 is 2.20 bits per heavy atom. The molecule has 0 radical (unpaired) electrons. The highest BCUT2D eigenvalue weighted by atomic mass is 79.9. The van der Waals surface area contributed by atoms with Crippen molar-refractivity contribution in [1.29, 1.82) is 0 Å². The molecule has 80 valence electrons. The van der Waals surface area contributed by atoms with Crippen LogP contribution in [0.4, 0.5) is 11.4 Å². The first kappa shape index (κ1) is 11.6. The van der Waals surface area contributed by atoms with Crippen molar-refractivity contribution in [2.45, 2.75) is 6.42 Å². The number of nitrogen functional groups attached to an aromatic ring is 1. The second-order valence-electron chi connectivity index (χ2n) is 3.00. The van der Waals surface area contributed by atoms with E-state index in [9.17, 15) is 14.9 Å². The maximum atomic E-state index is 11.1. The van der Waals surface area contributed by atoms with Gasteiger partial charge in [0.2, 0.25) is 0 Å². The molecule has 5 nitrogen and oxygen atoms in total. The molecule has 0 fully saturated rings. The van der Waals surface area contributed by atoms with E-state index in [0.29, 0.717) is 5.56 Å². The van der Waals surface area contributed by atoms with Gasteiger partial charge in [0.1, 0.15) is 11.5 Å². The summed E-state index contributed by atoms with van der Waals surface area (Å²) in [6.45, 7) is 0. The van der Waals surface area contributed by atoms with Gasteiger partial charge in [0.15, 0.2) is 0 Å². The highest BCUT2D eigenvalue weighted by Gasteiger charge is 2.12. The summed E-state index contributed by atoms with van der Waals surface area (Å²) >= 11 is 3.03. The lowest BCUT2D eigenvalue weighted by Gasteiger charge is -2.01. The van der Waals surface area contributed by atoms with Crippen LogP contribution in [0.1, 0.15) is 5.56 Å². The summed E-state index contributed by atoms with van der Waals surface area (Å²) in [6, 6.07) is 4.38. The Kier molecular flexibility index (Phi) is 3.79. The van der Waals surface area contributed by atoms with Crippen molar-refractivity contribution in [3.8, 4) is 0 Å². The first-order chi connectivity index (χ1) is 7.04. The van der Waals surface area contributed by atoms with Gasteiger partial charge in [-0.3, -0.25) is 14.9 Å². The normalized spacial score (nSPS) is 9.93. The molecule has 6 heteroatoms. The lowest BCUT2D eigenvalue weighted by molar-refractivity contribution is -0.383. The van der Waals surface area contributed by atoms with E-state index >= 15 is 0 Å². The van der Waals surface area contributed by atoms with Crippen LogP contribution < -0.4 is 5.73 Å². The molecule has 0 unspecified atom stereocenters. The fourth-order valence-corrected chi connectivity index (χ4v) is 1.33. The van der Waals surface area contributed by atoms with Gasteiger partial charge in [-0.2, -0.15) is 0 Å². The zero-order valence-electron chi connectivity index (χ0n) is 7.77. The van der Waals surface area contributed by atoms with Gasteiger partial charge in [0, 0.05) is 12.5 Å². The van der Waals surface area contributed by atoms with Gasteiger partial charge in [-0.1, -0.05) is 22.0 Å². The monoisotopic (exact) mass is 272 g/mol. The summed E-state index contributed by atoms with van der Waals surface area (Å²) in [5, 5.41) is 10.8. The summed E-state index contributed by atoms with van der Waals surface area (Å²) in [5.74, 6) is -0.0333. The molecule has 0 atom stereocenters. The molecule has 2 N–H and O–H groups in total. The summed E-state index contributed by atoms with van der Waals surface area (Å²) < 4.78 is 0. The minimum absolute atomic E-state index is 0.0333. The SMILES string of the molecule is Nc1ccc(CC(=O)CBr)cc1[N+](=O)[O-]. The number of benzene rings is 1. The Morgan fingerprint density at radius 1 is 1.53 bits per heavy atom. The molecule has 0 spiro atoms. The first-order valence-corrected chi connectivity index (χ1v) is 5.27. The number of hydrogen-bond acceptors (Lipinski definition) is 4. The number of halogens is 1. The van der Waals surface area contributed by atoms with Gasteiger partial charge in [0.25, 0.3) is 5.69 Å². The Bertz CT molecular complexity index is 406. The summed E-state index contributed by atoms with van der Waals surface area (Å²) in [7, 11) is 0. The zero-order chi connectivity index (χ0) is 11.4. The topological polar surface area (TPSA) is 86.2 Å². The number of alkyl halides is 1. The molecule has 0 aromatic heterocycles. The predicted molar refractivity (Wildman–Crippen MR) is 60.0 cm³/mol. The van der Waals surface area contributed by atoms with E-state index < -0.39 is 4.92 Å². The van der Waals surface area contributed by atoms with E-state index in [2.05, 4.69) is 15.9 Å². The van der Waals surface area contributed by atoms with Gasteiger partial charge < -0.3 is 5.73 Å². The number of nitrogens with zero attached hydrogens (tertiary/aromatic N) is 1. The van der Waals surface area contributed by atoms with Crippen LogP contribution in [-0.2, 0) is 11.2 Å². The number of carbonyl (C=O) groups excluding carboxylic acids is 1. The van der Waals surface area contributed by atoms with E-state index in [1.54, 1.807) is 6.07 Å². The summed E-state index contributed by atoms with van der Waals surface area (Å²) in [5.41, 5.74) is 5.96. The second-order valence-corrected chi connectivity index (χ2v) is 3.56. The van der Waals surface area contributed by atoms with Crippen molar-refractivity contribution in [2.75, 3.05) is 11.1 Å². The van der Waals surface area contributed by atoms with E-state index in [-0.39, 0.29) is 28.9 Å². The van der Waals surface area contributed by atoms with Crippen LogP contribution >= 0.6 is 15.9 Å². The molecular weight excluding hydrogens is 264 g/mol. The van der Waals surface area contributed by atoms with Crippen molar-refractivity contribution < 1.29 is 9.72 Å². The maximum Gasteiger partial charge on any atom is 0.292 e. The molecule has 1 aromatic rings. The number of carbonyl (C=O) groups is 1. The van der Waals surface area contributed by atoms with Gasteiger partial charge >= 0.3 is 0 Å². The van der Waals surface area contributed by atoms with Crippen molar-refractivity contribution >= 4 is 33.1 Å². The third-order valence-electron chi connectivity index (χ3n) is 1.84. The van der Waals surface area contributed by atoms with Crippen LogP contribution in [0.15, 0.2) is 18.2 Å². The average Bonchev–Trinajstić information content (AvgIpc) is 2.20. The number of nitro benzene ring substituents is 1. The summed E-state index contributed by atoms with van der Waals surface area (Å²) in [6.07, 6.45) is 0.173. The third kappa shape index (κ3) is 3.02. The van der Waals surface area contributed by atoms with Crippen LogP contribution in [0, 0.1) is 10.1 Å². The molecule has 0 bridgehead atoms. The number of nitro groups is 1. The van der Waals surface area contributed by atoms with Crippen LogP contribution in [0.3, 0.4) is 0 Å². The third-order valence-corrected chi connectivity index (χ3v) is 2.47. The van der Waals surface area contributed by atoms with Crippen molar-refractivity contribution in [1.82, 2.24) is 0 Å². The van der Waals surface area contributed by atoms with E-state index in [0.717, 1.165) is 0 Å². The number of Topliss-reactive ketones (excluding diaryl/α,β-unsaturated/α-hetero) is 1. The lowest BCUT2D eigenvalue weighted by Crippen LogP contribution is -2.04. The highest BCUT2D eigenvalue weighted by molar-refractivity contribution is 9.09. The van der Waals surface area contributed by atoms with Gasteiger partial charge in [-0.25, -0.2) is 0 Å². The number of ketones is 1. The van der Waals surface area contributed by atoms with Crippen LogP contribution in [0.2, 0.25) is 0 Å². The second kappa shape index (κ2) is 4.88. The average molecular weight is 273 g/mol. The molecule has 0 heterocycles. The highest BCUT2D eigenvalue weighted by Crippen LogP contribution is 2.22. The summed E-state index contributed by atoms with van der Waals surface area (Å²) in [4.78, 5) is 21.1. The fourth-order valence-electron chi connectivity index (χ4n) is 1.13. The number of anilines is 1. The minimum atomic E-state index is -0.558. The van der Waals surface area contributed by atoms with Crippen LogP contribution in [0.5, 0.6) is 0 Å². The molecule has 0 aliphatic carbocycles. The predicted octanol–water partition coefficient (Wildman–Crippen LogP) is 1.68. The Morgan fingerprint density at radius 3 is 2.73 bits per heavy atom. The largest absolute Gasteiger partial charge is 0.393 e. The van der Waals surface area contributed by atoms with Crippen LogP contribution in [0.25, 0.3) is 0 Å². The number of hydrogen-bond donors (Lipinski definition) is 1. The molecule has 1 rings (SSSR count). The molecule has 0 aliphatic rings. The quantitative estimate of drug-likeness (QED) is 0.391. The van der Waals surface area contributed by atoms with Gasteiger partial charge in [-0.15, -0.1) is 0 Å². The molecular formula is C9H9BrN2O3. The first-order valence-electron chi connectivity index (χ1n) is 4.15. The van der Waals surface area contributed by atoms with E-state index in [1.165, 1.54) is 12.1 Å². The van der Waals surface area contributed by atoms with E-state index in [1.807, 2.05) is 0 Å². The van der Waals surface area contributed by atoms with E-state index in [4.69, 9.17) is 5.73 Å². The molecule has 1 aromatic carbocycles. The molecule has 0 amide bonds. The van der Waals surface area contributed by atoms with Crippen LogP contribution in [-0.4, -0.2) is 16.0 Å². The number of nitrogens with two attached hydrogens (primary N) is 1. The molecule has 0 saturated carbocycles. The smallest absolute Gasteiger partial charge is 0.292 e. The van der Waals surface area contributed by atoms with Crippen molar-refractivity contribution in [3.63, 3.8) is 0 Å². The lowest BCUT2D eigenvalue weighted by atomic mass is 10.1. The van der Waals surface area contributed by atoms with Gasteiger partial charge in [0.05, 0.1) is 10.3 Å². The molecule has 15 heavy (non-hydrogen) atoms. The van der Waals surface area contributed by atoms with Crippen molar-refractivity contribution in [3.05, 3.63) is 33.9 Å². The Labute approximate surface area is 94.5 Å². The maximum absolute atomic E-state index is 11.1. The molecule has 0 aliphatic heterocycles. The fraction of sp³-hybridized carbons (Fsp3) is 0.222. The molecule has 0 saturated heterocycles. The Hall–Kier alpha value is -1.43. The van der Waals surface area contributed by atoms with Gasteiger partial charge in [-0.05, 0) is 11.6 Å².